The molecule has 0 aromatic heterocycles. The van der Waals surface area contributed by atoms with Gasteiger partial charge in [-0.2, -0.15) is 0 Å². The van der Waals surface area contributed by atoms with Crippen molar-refractivity contribution in [2.24, 2.45) is 11.8 Å². The largest absolute Gasteiger partial charge is 0.496 e. The van der Waals surface area contributed by atoms with Gasteiger partial charge in [-0.1, -0.05) is 32.0 Å². The van der Waals surface area contributed by atoms with Crippen LogP contribution in [-0.2, 0) is 11.2 Å². The first-order chi connectivity index (χ1) is 9.67. The average molecular weight is 280 g/mol. The molecule has 1 aromatic rings. The third-order valence-corrected chi connectivity index (χ3v) is 3.47. The first-order valence-electron chi connectivity index (χ1n) is 7.47. The Morgan fingerprint density at radius 1 is 1.10 bits per heavy atom. The predicted molar refractivity (Wildman–Crippen MR) is 82.2 cm³/mol. The zero-order valence-electron chi connectivity index (χ0n) is 13.0. The van der Waals surface area contributed by atoms with Crippen LogP contribution in [0.3, 0.4) is 0 Å². The van der Waals surface area contributed by atoms with E-state index in [1.54, 1.807) is 7.11 Å². The number of aliphatic hydroxyl groups excluding tert-OH is 1. The second-order valence-corrected chi connectivity index (χ2v) is 5.65. The molecule has 0 heterocycles. The number of methoxy groups -OCH3 is 1. The molecule has 1 unspecified atom stereocenters. The van der Waals surface area contributed by atoms with Gasteiger partial charge < -0.3 is 14.6 Å². The Hall–Kier alpha value is -1.06. The Morgan fingerprint density at radius 2 is 1.80 bits per heavy atom. The summed E-state index contributed by atoms with van der Waals surface area (Å²) in [6, 6.07) is 7.99. The summed E-state index contributed by atoms with van der Waals surface area (Å²) in [5, 5.41) is 9.50. The smallest absolute Gasteiger partial charge is 0.122 e. The lowest BCUT2D eigenvalue weighted by molar-refractivity contribution is 0.0983. The number of hydrogen-bond donors (Lipinski definition) is 1. The Bertz CT molecular complexity index is 363. The van der Waals surface area contributed by atoms with Crippen molar-refractivity contribution in [2.75, 3.05) is 26.9 Å². The first-order valence-corrected chi connectivity index (χ1v) is 7.47. The van der Waals surface area contributed by atoms with E-state index in [2.05, 4.69) is 19.9 Å². The van der Waals surface area contributed by atoms with Crippen LogP contribution in [0.4, 0.5) is 0 Å². The van der Waals surface area contributed by atoms with Crippen molar-refractivity contribution in [2.45, 2.75) is 33.1 Å². The van der Waals surface area contributed by atoms with E-state index in [1.807, 2.05) is 18.2 Å². The number of aliphatic hydroxyl groups is 1. The van der Waals surface area contributed by atoms with E-state index in [1.165, 1.54) is 0 Å². The number of benzene rings is 1. The van der Waals surface area contributed by atoms with Gasteiger partial charge in [0.25, 0.3) is 0 Å². The van der Waals surface area contributed by atoms with Crippen LogP contribution < -0.4 is 4.74 Å². The molecule has 20 heavy (non-hydrogen) atoms. The summed E-state index contributed by atoms with van der Waals surface area (Å²) in [5.74, 6) is 1.80. The average Bonchev–Trinajstić information content (AvgIpc) is 2.45. The van der Waals surface area contributed by atoms with Crippen molar-refractivity contribution in [1.29, 1.82) is 0 Å². The van der Waals surface area contributed by atoms with Gasteiger partial charge in [0, 0.05) is 19.8 Å². The Balaban J connectivity index is 2.35. The number of hydrogen-bond acceptors (Lipinski definition) is 3. The van der Waals surface area contributed by atoms with Gasteiger partial charge in [0.05, 0.1) is 7.11 Å². The van der Waals surface area contributed by atoms with E-state index in [9.17, 15) is 5.11 Å². The molecule has 0 spiro atoms. The highest BCUT2D eigenvalue weighted by Crippen LogP contribution is 2.22. The van der Waals surface area contributed by atoms with Crippen molar-refractivity contribution >= 4 is 0 Å². The summed E-state index contributed by atoms with van der Waals surface area (Å²) >= 11 is 0. The molecule has 0 radical (unpaired) electrons. The minimum absolute atomic E-state index is 0.186. The first kappa shape index (κ1) is 17.0. The molecule has 114 valence electrons. The summed E-state index contributed by atoms with van der Waals surface area (Å²) in [6.07, 6.45) is 2.80. The second kappa shape index (κ2) is 9.78. The SMILES string of the molecule is COc1ccccc1CC(CO)CCOCCC(C)C. The molecule has 0 saturated carbocycles. The molecule has 1 rings (SSSR count). The molecule has 0 aliphatic carbocycles. The zero-order valence-corrected chi connectivity index (χ0v) is 13.0. The summed E-state index contributed by atoms with van der Waals surface area (Å²) in [5.41, 5.74) is 1.15. The lowest BCUT2D eigenvalue weighted by Crippen LogP contribution is -2.14. The highest BCUT2D eigenvalue weighted by molar-refractivity contribution is 5.33. The van der Waals surface area contributed by atoms with Gasteiger partial charge in [-0.15, -0.1) is 0 Å². The maximum atomic E-state index is 9.50. The molecule has 0 aliphatic rings. The predicted octanol–water partition coefficient (Wildman–Crippen LogP) is 3.30. The van der Waals surface area contributed by atoms with Crippen LogP contribution in [0.5, 0.6) is 5.75 Å². The lowest BCUT2D eigenvalue weighted by atomic mass is 9.96. The van der Waals surface area contributed by atoms with Crippen LogP contribution in [0.1, 0.15) is 32.3 Å². The van der Waals surface area contributed by atoms with Crippen molar-refractivity contribution < 1.29 is 14.6 Å². The summed E-state index contributed by atoms with van der Waals surface area (Å²) in [7, 11) is 1.68. The van der Waals surface area contributed by atoms with Crippen LogP contribution >= 0.6 is 0 Å². The van der Waals surface area contributed by atoms with E-state index in [4.69, 9.17) is 9.47 Å². The van der Waals surface area contributed by atoms with Crippen LogP contribution in [0.2, 0.25) is 0 Å². The third kappa shape index (κ3) is 6.40. The van der Waals surface area contributed by atoms with Gasteiger partial charge in [0.2, 0.25) is 0 Å². The number of para-hydroxylation sites is 1. The molecule has 3 nitrogen and oxygen atoms in total. The fourth-order valence-corrected chi connectivity index (χ4v) is 2.11. The molecule has 0 aliphatic heterocycles. The Kier molecular flexibility index (Phi) is 8.31. The minimum atomic E-state index is 0.186. The Labute approximate surface area is 122 Å². The third-order valence-electron chi connectivity index (χ3n) is 3.47. The molecule has 1 atom stereocenters. The van der Waals surface area contributed by atoms with Crippen molar-refractivity contribution in [3.63, 3.8) is 0 Å². The molecule has 0 amide bonds. The molecular formula is C17H28O3. The van der Waals surface area contributed by atoms with Gasteiger partial charge in [0.15, 0.2) is 0 Å². The summed E-state index contributed by atoms with van der Waals surface area (Å²) in [6.45, 7) is 6.10. The maximum Gasteiger partial charge on any atom is 0.122 e. The molecule has 0 fully saturated rings. The van der Waals surface area contributed by atoms with E-state index >= 15 is 0 Å². The van der Waals surface area contributed by atoms with Crippen LogP contribution in [0.25, 0.3) is 0 Å². The van der Waals surface area contributed by atoms with E-state index in [0.717, 1.165) is 37.2 Å². The second-order valence-electron chi connectivity index (χ2n) is 5.65. The van der Waals surface area contributed by atoms with Gasteiger partial charge in [-0.3, -0.25) is 0 Å². The number of rotatable bonds is 10. The monoisotopic (exact) mass is 280 g/mol. The van der Waals surface area contributed by atoms with Crippen LogP contribution in [-0.4, -0.2) is 32.0 Å². The van der Waals surface area contributed by atoms with E-state index in [0.29, 0.717) is 12.5 Å². The molecule has 1 N–H and O–H groups in total. The maximum absolute atomic E-state index is 9.50. The van der Waals surface area contributed by atoms with Crippen LogP contribution in [0, 0.1) is 11.8 Å². The van der Waals surface area contributed by atoms with Gasteiger partial charge in [-0.05, 0) is 42.7 Å². The van der Waals surface area contributed by atoms with Gasteiger partial charge in [0.1, 0.15) is 5.75 Å². The quantitative estimate of drug-likeness (QED) is 0.668. The van der Waals surface area contributed by atoms with Crippen molar-refractivity contribution in [1.82, 2.24) is 0 Å². The normalized spacial score (nSPS) is 12.7. The fraction of sp³-hybridized carbons (Fsp3) is 0.647. The van der Waals surface area contributed by atoms with Gasteiger partial charge >= 0.3 is 0 Å². The molecule has 1 aromatic carbocycles. The van der Waals surface area contributed by atoms with Crippen LogP contribution in [0.15, 0.2) is 24.3 Å². The minimum Gasteiger partial charge on any atom is -0.496 e. The van der Waals surface area contributed by atoms with E-state index in [-0.39, 0.29) is 12.5 Å². The highest BCUT2D eigenvalue weighted by Gasteiger charge is 2.11. The van der Waals surface area contributed by atoms with Gasteiger partial charge in [-0.25, -0.2) is 0 Å². The summed E-state index contributed by atoms with van der Waals surface area (Å²) in [4.78, 5) is 0. The topological polar surface area (TPSA) is 38.7 Å². The molecule has 0 saturated heterocycles. The van der Waals surface area contributed by atoms with E-state index < -0.39 is 0 Å². The lowest BCUT2D eigenvalue weighted by Gasteiger charge is -2.16. The zero-order chi connectivity index (χ0) is 14.8. The van der Waals surface area contributed by atoms with Crippen molar-refractivity contribution in [3.8, 4) is 5.75 Å². The molecular weight excluding hydrogens is 252 g/mol. The number of ether oxygens (including phenoxy) is 2. The highest BCUT2D eigenvalue weighted by atomic mass is 16.5. The Morgan fingerprint density at radius 3 is 2.45 bits per heavy atom. The molecule has 3 heteroatoms. The fourth-order valence-electron chi connectivity index (χ4n) is 2.11. The standard InChI is InChI=1S/C17H28O3/c1-14(2)8-10-20-11-9-15(13-18)12-16-6-4-5-7-17(16)19-3/h4-7,14-15,18H,8-13H2,1-3H3. The summed E-state index contributed by atoms with van der Waals surface area (Å²) < 4.78 is 11.0. The molecule has 0 bridgehead atoms. The van der Waals surface area contributed by atoms with Crippen molar-refractivity contribution in [3.05, 3.63) is 29.8 Å².